The summed E-state index contributed by atoms with van der Waals surface area (Å²) in [6.07, 6.45) is 0. The monoisotopic (exact) mass is 248 g/mol. The van der Waals surface area contributed by atoms with E-state index in [9.17, 15) is 0 Å². The van der Waals surface area contributed by atoms with E-state index in [2.05, 4.69) is 62.2 Å². The van der Waals surface area contributed by atoms with E-state index >= 15 is 0 Å². The van der Waals surface area contributed by atoms with Crippen molar-refractivity contribution in [3.63, 3.8) is 0 Å². The van der Waals surface area contributed by atoms with E-state index in [-0.39, 0.29) is 0 Å². The van der Waals surface area contributed by atoms with E-state index in [0.717, 1.165) is 32.7 Å². The predicted molar refractivity (Wildman–Crippen MR) is 80.0 cm³/mol. The highest BCUT2D eigenvalue weighted by molar-refractivity contribution is 5.24. The summed E-state index contributed by atoms with van der Waals surface area (Å²) in [6, 6.07) is 9.06. The van der Waals surface area contributed by atoms with Crippen molar-refractivity contribution in [2.24, 2.45) is 0 Å². The molecule has 18 heavy (non-hydrogen) atoms. The smallest absolute Gasteiger partial charge is 0.0234 e. The van der Waals surface area contributed by atoms with Crippen LogP contribution in [0, 0.1) is 0 Å². The molecule has 1 aromatic carbocycles. The normalized spacial score (nSPS) is 11.4. The zero-order valence-corrected chi connectivity index (χ0v) is 12.4. The van der Waals surface area contributed by atoms with Crippen LogP contribution < -0.4 is 5.32 Å². The Morgan fingerprint density at radius 3 is 2.28 bits per heavy atom. The molecule has 1 rings (SSSR count). The minimum Gasteiger partial charge on any atom is -0.316 e. The van der Waals surface area contributed by atoms with Crippen molar-refractivity contribution in [3.05, 3.63) is 35.4 Å². The van der Waals surface area contributed by atoms with E-state index < -0.39 is 0 Å². The SMILES string of the molecule is CCNCCN(CC)Cc1ccc(C(C)C)cc1. The number of hydrogen-bond donors (Lipinski definition) is 1. The molecule has 0 fully saturated rings. The van der Waals surface area contributed by atoms with Crippen LogP contribution in [0.5, 0.6) is 0 Å². The lowest BCUT2D eigenvalue weighted by molar-refractivity contribution is 0.280. The average molecular weight is 248 g/mol. The van der Waals surface area contributed by atoms with Crippen LogP contribution in [-0.2, 0) is 6.54 Å². The van der Waals surface area contributed by atoms with Gasteiger partial charge in [-0.25, -0.2) is 0 Å². The third-order valence-corrected chi connectivity index (χ3v) is 3.35. The number of benzene rings is 1. The summed E-state index contributed by atoms with van der Waals surface area (Å²) in [5.74, 6) is 0.620. The summed E-state index contributed by atoms with van der Waals surface area (Å²) in [5, 5.41) is 3.38. The first kappa shape index (κ1) is 15.2. The topological polar surface area (TPSA) is 15.3 Å². The van der Waals surface area contributed by atoms with Gasteiger partial charge in [-0.15, -0.1) is 0 Å². The summed E-state index contributed by atoms with van der Waals surface area (Å²) in [6.45, 7) is 14.3. The maximum absolute atomic E-state index is 3.38. The van der Waals surface area contributed by atoms with Crippen LogP contribution in [0.25, 0.3) is 0 Å². The third-order valence-electron chi connectivity index (χ3n) is 3.35. The first-order valence-electron chi connectivity index (χ1n) is 7.19. The fraction of sp³-hybridized carbons (Fsp3) is 0.625. The number of hydrogen-bond acceptors (Lipinski definition) is 2. The maximum Gasteiger partial charge on any atom is 0.0234 e. The Balaban J connectivity index is 2.48. The fourth-order valence-corrected chi connectivity index (χ4v) is 2.03. The van der Waals surface area contributed by atoms with Gasteiger partial charge in [0, 0.05) is 19.6 Å². The molecule has 0 radical (unpaired) electrons. The van der Waals surface area contributed by atoms with Crippen LogP contribution in [0.2, 0.25) is 0 Å². The highest BCUT2D eigenvalue weighted by Gasteiger charge is 2.04. The molecule has 1 aromatic rings. The molecule has 0 aliphatic heterocycles. The Bertz CT molecular complexity index is 316. The molecule has 0 amide bonds. The minimum absolute atomic E-state index is 0.620. The van der Waals surface area contributed by atoms with Crippen molar-refractivity contribution in [1.82, 2.24) is 10.2 Å². The number of likely N-dealkylation sites (N-methyl/N-ethyl adjacent to an activating group) is 2. The van der Waals surface area contributed by atoms with Gasteiger partial charge in [0.2, 0.25) is 0 Å². The molecule has 102 valence electrons. The second kappa shape index (κ2) is 8.28. The second-order valence-electron chi connectivity index (χ2n) is 5.12. The van der Waals surface area contributed by atoms with Gasteiger partial charge < -0.3 is 5.32 Å². The molecule has 0 saturated heterocycles. The van der Waals surface area contributed by atoms with Gasteiger partial charge in [0.1, 0.15) is 0 Å². The van der Waals surface area contributed by atoms with Gasteiger partial charge in [0.25, 0.3) is 0 Å². The average Bonchev–Trinajstić information content (AvgIpc) is 2.38. The lowest BCUT2D eigenvalue weighted by atomic mass is 10.0. The molecule has 0 aliphatic rings. The summed E-state index contributed by atoms with van der Waals surface area (Å²) >= 11 is 0. The zero-order chi connectivity index (χ0) is 13.4. The zero-order valence-electron chi connectivity index (χ0n) is 12.4. The first-order valence-corrected chi connectivity index (χ1v) is 7.19. The maximum atomic E-state index is 3.38. The highest BCUT2D eigenvalue weighted by atomic mass is 15.1. The molecule has 0 spiro atoms. The van der Waals surface area contributed by atoms with Gasteiger partial charge >= 0.3 is 0 Å². The van der Waals surface area contributed by atoms with Gasteiger partial charge in [0.05, 0.1) is 0 Å². The standard InChI is InChI=1S/C16H28N2/c1-5-17-11-12-18(6-2)13-15-7-9-16(10-8-15)14(3)4/h7-10,14,17H,5-6,11-13H2,1-4H3. The molecular formula is C16H28N2. The van der Waals surface area contributed by atoms with Gasteiger partial charge in [-0.3, -0.25) is 4.90 Å². The molecular weight excluding hydrogens is 220 g/mol. The second-order valence-corrected chi connectivity index (χ2v) is 5.12. The van der Waals surface area contributed by atoms with Crippen molar-refractivity contribution in [3.8, 4) is 0 Å². The van der Waals surface area contributed by atoms with E-state index in [1.54, 1.807) is 0 Å². The van der Waals surface area contributed by atoms with E-state index in [0.29, 0.717) is 5.92 Å². The molecule has 2 nitrogen and oxygen atoms in total. The number of nitrogens with zero attached hydrogens (tertiary/aromatic N) is 1. The van der Waals surface area contributed by atoms with Crippen LogP contribution in [0.3, 0.4) is 0 Å². The lowest BCUT2D eigenvalue weighted by Crippen LogP contribution is -2.31. The Kier molecular flexibility index (Phi) is 6.99. The minimum atomic E-state index is 0.620. The van der Waals surface area contributed by atoms with Crippen LogP contribution in [0.1, 0.15) is 44.7 Å². The summed E-state index contributed by atoms with van der Waals surface area (Å²) in [4.78, 5) is 2.48. The molecule has 2 heteroatoms. The fourth-order valence-electron chi connectivity index (χ4n) is 2.03. The number of rotatable bonds is 8. The quantitative estimate of drug-likeness (QED) is 0.711. The van der Waals surface area contributed by atoms with Gasteiger partial charge in [-0.1, -0.05) is 52.0 Å². The predicted octanol–water partition coefficient (Wildman–Crippen LogP) is 3.24. The van der Waals surface area contributed by atoms with Crippen LogP contribution in [0.15, 0.2) is 24.3 Å². The van der Waals surface area contributed by atoms with Crippen molar-refractivity contribution in [2.45, 2.75) is 40.2 Å². The van der Waals surface area contributed by atoms with Crippen molar-refractivity contribution in [2.75, 3.05) is 26.2 Å². The Morgan fingerprint density at radius 2 is 1.78 bits per heavy atom. The van der Waals surface area contributed by atoms with Crippen LogP contribution in [0.4, 0.5) is 0 Å². The summed E-state index contributed by atoms with van der Waals surface area (Å²) < 4.78 is 0. The molecule has 1 N–H and O–H groups in total. The van der Waals surface area contributed by atoms with Crippen LogP contribution >= 0.6 is 0 Å². The van der Waals surface area contributed by atoms with Crippen molar-refractivity contribution >= 4 is 0 Å². The first-order chi connectivity index (χ1) is 8.67. The highest BCUT2D eigenvalue weighted by Crippen LogP contribution is 2.15. The van der Waals surface area contributed by atoms with Gasteiger partial charge in [-0.05, 0) is 30.1 Å². The third kappa shape index (κ3) is 5.19. The molecule has 0 unspecified atom stereocenters. The van der Waals surface area contributed by atoms with E-state index in [4.69, 9.17) is 0 Å². The molecule has 0 aromatic heterocycles. The van der Waals surface area contributed by atoms with Crippen molar-refractivity contribution < 1.29 is 0 Å². The summed E-state index contributed by atoms with van der Waals surface area (Å²) in [7, 11) is 0. The Labute approximate surface area is 112 Å². The number of nitrogens with one attached hydrogen (secondary N) is 1. The molecule has 0 aliphatic carbocycles. The molecule has 0 atom stereocenters. The van der Waals surface area contributed by atoms with Gasteiger partial charge in [-0.2, -0.15) is 0 Å². The lowest BCUT2D eigenvalue weighted by Gasteiger charge is -2.20. The van der Waals surface area contributed by atoms with E-state index in [1.165, 1.54) is 11.1 Å². The Morgan fingerprint density at radius 1 is 1.11 bits per heavy atom. The van der Waals surface area contributed by atoms with E-state index in [1.807, 2.05) is 0 Å². The molecule has 0 saturated carbocycles. The van der Waals surface area contributed by atoms with Crippen molar-refractivity contribution in [1.29, 1.82) is 0 Å². The molecule has 0 heterocycles. The largest absolute Gasteiger partial charge is 0.316 e. The summed E-state index contributed by atoms with van der Waals surface area (Å²) in [5.41, 5.74) is 2.84. The molecule has 0 bridgehead atoms. The van der Waals surface area contributed by atoms with Crippen LogP contribution in [-0.4, -0.2) is 31.1 Å². The van der Waals surface area contributed by atoms with Gasteiger partial charge in [0.15, 0.2) is 0 Å². The Hall–Kier alpha value is -0.860.